The molecule has 0 spiro atoms. The van der Waals surface area contributed by atoms with Crippen LogP contribution in [0, 0.1) is 0 Å². The third-order valence-corrected chi connectivity index (χ3v) is 7.26. The first kappa shape index (κ1) is 35.6. The number of halogens is 5. The van der Waals surface area contributed by atoms with Crippen LogP contribution < -0.4 is 0 Å². The van der Waals surface area contributed by atoms with Crippen molar-refractivity contribution in [3.63, 3.8) is 0 Å². The van der Waals surface area contributed by atoms with Gasteiger partial charge in [0.15, 0.2) is 11.9 Å². The molecule has 1 aliphatic heterocycles. The summed E-state index contributed by atoms with van der Waals surface area (Å²) >= 11 is 0. The number of Topliss-reactive ketones (excluding diaryl/α,β-unsaturated/α-hetero) is 1. The second kappa shape index (κ2) is 14.6. The van der Waals surface area contributed by atoms with Crippen LogP contribution in [-0.2, 0) is 48.3 Å². The average molecular weight is 655 g/mol. The molecular formula is C33H35F5O8. The SMILES string of the molecule is CC1(C)OC[C@H]([C@@H](OCc2ccccc2)[C@H](OCc2ccccc2)[C@@H](OCc2ccccc2)C(=O)C(F)(F)C(O)(O)C(F)(F)F)O1. The van der Waals surface area contributed by atoms with Gasteiger partial charge >= 0.3 is 17.9 Å². The summed E-state index contributed by atoms with van der Waals surface area (Å²) in [5, 5.41) is 19.3. The van der Waals surface area contributed by atoms with Gasteiger partial charge < -0.3 is 33.9 Å². The molecule has 1 aliphatic rings. The Kier molecular flexibility index (Phi) is 11.3. The molecule has 3 aromatic carbocycles. The first-order chi connectivity index (χ1) is 21.6. The van der Waals surface area contributed by atoms with E-state index in [1.54, 1.807) is 92.7 Å². The van der Waals surface area contributed by atoms with E-state index in [1.165, 1.54) is 12.1 Å². The number of hydrogen-bond acceptors (Lipinski definition) is 8. The Morgan fingerprint density at radius 2 is 1.22 bits per heavy atom. The molecule has 0 aromatic heterocycles. The van der Waals surface area contributed by atoms with Gasteiger partial charge in [-0.05, 0) is 30.5 Å². The molecule has 0 aliphatic carbocycles. The van der Waals surface area contributed by atoms with Crippen LogP contribution in [0.25, 0.3) is 0 Å². The number of alkyl halides is 5. The fourth-order valence-corrected chi connectivity index (χ4v) is 4.79. The average Bonchev–Trinajstić information content (AvgIpc) is 3.39. The Hall–Kier alpha value is -3.30. The molecule has 46 heavy (non-hydrogen) atoms. The molecule has 3 aromatic rings. The maximum Gasteiger partial charge on any atom is 0.450 e. The molecule has 2 N–H and O–H groups in total. The summed E-state index contributed by atoms with van der Waals surface area (Å²) in [5.41, 5.74) is 1.53. The summed E-state index contributed by atoms with van der Waals surface area (Å²) in [5.74, 6) is -15.3. The molecule has 0 bridgehead atoms. The normalized spacial score (nSPS) is 19.0. The topological polar surface area (TPSA) is 104 Å². The van der Waals surface area contributed by atoms with Crippen LogP contribution in [0.4, 0.5) is 22.0 Å². The Balaban J connectivity index is 1.80. The lowest BCUT2D eigenvalue weighted by atomic mass is 9.92. The first-order valence-corrected chi connectivity index (χ1v) is 14.3. The lowest BCUT2D eigenvalue weighted by Crippen LogP contribution is -2.66. The number of aliphatic hydroxyl groups is 2. The molecule has 4 rings (SSSR count). The molecular weight excluding hydrogens is 619 g/mol. The fourth-order valence-electron chi connectivity index (χ4n) is 4.79. The lowest BCUT2D eigenvalue weighted by Gasteiger charge is -2.38. The number of ketones is 1. The zero-order valence-electron chi connectivity index (χ0n) is 25.0. The van der Waals surface area contributed by atoms with Gasteiger partial charge in [0, 0.05) is 0 Å². The number of ether oxygens (including phenoxy) is 5. The minimum atomic E-state index is -6.31. The minimum absolute atomic E-state index is 0.153. The van der Waals surface area contributed by atoms with Gasteiger partial charge in [-0.2, -0.15) is 22.0 Å². The number of carbonyl (C=O) groups is 1. The van der Waals surface area contributed by atoms with E-state index >= 15 is 8.78 Å². The number of benzene rings is 3. The fraction of sp³-hybridized carbons (Fsp3) is 0.424. The van der Waals surface area contributed by atoms with Crippen LogP contribution in [0.5, 0.6) is 0 Å². The van der Waals surface area contributed by atoms with E-state index in [9.17, 15) is 28.2 Å². The number of rotatable bonds is 15. The van der Waals surface area contributed by atoms with Crippen LogP contribution in [0.15, 0.2) is 91.0 Å². The van der Waals surface area contributed by atoms with E-state index < -0.39 is 60.5 Å². The summed E-state index contributed by atoms with van der Waals surface area (Å²) < 4.78 is 101. The van der Waals surface area contributed by atoms with E-state index in [4.69, 9.17) is 23.7 Å². The Morgan fingerprint density at radius 3 is 1.63 bits per heavy atom. The van der Waals surface area contributed by atoms with Gasteiger partial charge in [-0.15, -0.1) is 0 Å². The Morgan fingerprint density at radius 1 is 0.783 bits per heavy atom. The predicted molar refractivity (Wildman–Crippen MR) is 153 cm³/mol. The summed E-state index contributed by atoms with van der Waals surface area (Å²) in [4.78, 5) is 13.6. The van der Waals surface area contributed by atoms with Crippen LogP contribution in [0.2, 0.25) is 0 Å². The lowest BCUT2D eigenvalue weighted by molar-refractivity contribution is -0.406. The van der Waals surface area contributed by atoms with Gasteiger partial charge in [0.1, 0.15) is 18.3 Å². The molecule has 13 heteroatoms. The van der Waals surface area contributed by atoms with Crippen molar-refractivity contribution in [1.29, 1.82) is 0 Å². The highest BCUT2D eigenvalue weighted by Gasteiger charge is 2.73. The quantitative estimate of drug-likeness (QED) is 0.167. The van der Waals surface area contributed by atoms with Crippen molar-refractivity contribution in [2.24, 2.45) is 0 Å². The van der Waals surface area contributed by atoms with Crippen molar-refractivity contribution < 1.29 is 60.6 Å². The molecule has 0 saturated carbocycles. The summed E-state index contributed by atoms with van der Waals surface area (Å²) in [7, 11) is 0. The Bertz CT molecular complexity index is 1390. The van der Waals surface area contributed by atoms with Crippen molar-refractivity contribution in [2.75, 3.05) is 6.61 Å². The standard InChI is InChI=1S/C33H35F5O8/c1-30(2)45-21-25(46-30)26(42-18-22-12-6-3-7-13-22)27(43-19-23-14-8-4-9-15-23)28(44-20-24-16-10-5-11-17-24)29(39)31(34,35)32(40,41)33(36,37)38/h3-17,25-28,40-41H,18-21H2,1-2H3/t25-,26-,27+,28-/m1/s1. The molecule has 4 atom stereocenters. The molecule has 0 radical (unpaired) electrons. The van der Waals surface area contributed by atoms with Gasteiger partial charge in [-0.1, -0.05) is 91.0 Å². The van der Waals surface area contributed by atoms with E-state index in [0.717, 1.165) is 0 Å². The second-order valence-corrected chi connectivity index (χ2v) is 11.2. The van der Waals surface area contributed by atoms with Crippen molar-refractivity contribution in [3.05, 3.63) is 108 Å². The first-order valence-electron chi connectivity index (χ1n) is 14.3. The highest BCUT2D eigenvalue weighted by molar-refractivity contribution is 5.91. The minimum Gasteiger partial charge on any atom is -0.368 e. The van der Waals surface area contributed by atoms with E-state index in [-0.39, 0.29) is 19.8 Å². The Labute approximate surface area is 262 Å². The van der Waals surface area contributed by atoms with Gasteiger partial charge in [0.05, 0.1) is 26.4 Å². The highest BCUT2D eigenvalue weighted by atomic mass is 19.4. The van der Waals surface area contributed by atoms with Crippen molar-refractivity contribution in [2.45, 2.75) is 81.8 Å². The molecule has 8 nitrogen and oxygen atoms in total. The molecule has 1 saturated heterocycles. The van der Waals surface area contributed by atoms with Crippen LogP contribution in [0.1, 0.15) is 30.5 Å². The summed E-state index contributed by atoms with van der Waals surface area (Å²) in [6, 6.07) is 24.9. The number of carbonyl (C=O) groups excluding carboxylic acids is 1. The van der Waals surface area contributed by atoms with Crippen LogP contribution >= 0.6 is 0 Å². The summed E-state index contributed by atoms with van der Waals surface area (Å²) in [6.45, 7) is 1.99. The number of hydrogen-bond donors (Lipinski definition) is 2. The van der Waals surface area contributed by atoms with Crippen LogP contribution in [-0.4, -0.2) is 70.7 Å². The third kappa shape index (κ3) is 8.53. The van der Waals surface area contributed by atoms with Gasteiger partial charge in [-0.25, -0.2) is 0 Å². The van der Waals surface area contributed by atoms with E-state index in [1.807, 2.05) is 0 Å². The van der Waals surface area contributed by atoms with Crippen molar-refractivity contribution in [1.82, 2.24) is 0 Å². The molecule has 250 valence electrons. The van der Waals surface area contributed by atoms with E-state index in [2.05, 4.69) is 0 Å². The molecule has 1 heterocycles. The molecule has 0 amide bonds. The zero-order chi connectivity index (χ0) is 33.6. The highest BCUT2D eigenvalue weighted by Crippen LogP contribution is 2.42. The van der Waals surface area contributed by atoms with Crippen molar-refractivity contribution >= 4 is 5.78 Å². The second-order valence-electron chi connectivity index (χ2n) is 11.2. The van der Waals surface area contributed by atoms with Crippen molar-refractivity contribution in [3.8, 4) is 0 Å². The summed E-state index contributed by atoms with van der Waals surface area (Å²) in [6.07, 6.45) is -13.3. The zero-order valence-corrected chi connectivity index (χ0v) is 25.0. The monoisotopic (exact) mass is 654 g/mol. The van der Waals surface area contributed by atoms with Gasteiger partial charge in [0.25, 0.3) is 0 Å². The molecule has 0 unspecified atom stereocenters. The van der Waals surface area contributed by atoms with Gasteiger partial charge in [0.2, 0.25) is 5.78 Å². The maximum atomic E-state index is 15.4. The largest absolute Gasteiger partial charge is 0.450 e. The van der Waals surface area contributed by atoms with E-state index in [0.29, 0.717) is 16.7 Å². The third-order valence-electron chi connectivity index (χ3n) is 7.26. The van der Waals surface area contributed by atoms with Crippen LogP contribution in [0.3, 0.4) is 0 Å². The molecule has 1 fully saturated rings. The smallest absolute Gasteiger partial charge is 0.368 e. The predicted octanol–water partition coefficient (Wildman–Crippen LogP) is 5.34. The maximum absolute atomic E-state index is 15.4. The van der Waals surface area contributed by atoms with Gasteiger partial charge in [-0.3, -0.25) is 4.79 Å².